The van der Waals surface area contributed by atoms with Crippen LogP contribution < -0.4 is 10.1 Å². The maximum Gasteiger partial charge on any atom is 0.265 e. The fourth-order valence-corrected chi connectivity index (χ4v) is 2.46. The Morgan fingerprint density at radius 2 is 2.24 bits per heavy atom. The first-order chi connectivity index (χ1) is 10.2. The summed E-state index contributed by atoms with van der Waals surface area (Å²) in [5, 5.41) is 6.66. The highest BCUT2D eigenvalue weighted by molar-refractivity contribution is 7.07. The number of methoxy groups -OCH3 is 2. The van der Waals surface area contributed by atoms with E-state index in [-0.39, 0.29) is 12.0 Å². The highest BCUT2D eigenvalue weighted by Crippen LogP contribution is 2.21. The monoisotopic (exact) mass is 307 g/mol. The molecule has 0 fully saturated rings. The van der Waals surface area contributed by atoms with E-state index in [4.69, 9.17) is 9.47 Å². The molecule has 1 N–H and O–H groups in total. The lowest BCUT2D eigenvalue weighted by atomic mass is 10.1. The molecule has 6 nitrogen and oxygen atoms in total. The van der Waals surface area contributed by atoms with Crippen LogP contribution in [-0.2, 0) is 4.74 Å². The summed E-state index contributed by atoms with van der Waals surface area (Å²) in [6.45, 7) is 2.12. The second-order valence-corrected chi connectivity index (χ2v) is 5.15. The molecule has 112 valence electrons. The standard InChI is InChI=1S/C14H17N3O3S/c1-9-13(21-17-16-9)14(18)15-8-12(20-3)10-5-4-6-11(7-10)19-2/h4-7,12H,8H2,1-3H3,(H,15,18). The van der Waals surface area contributed by atoms with Crippen molar-refractivity contribution >= 4 is 17.4 Å². The van der Waals surface area contributed by atoms with Crippen molar-refractivity contribution in [1.82, 2.24) is 14.9 Å². The lowest BCUT2D eigenvalue weighted by Gasteiger charge is -2.17. The van der Waals surface area contributed by atoms with Crippen molar-refractivity contribution in [2.24, 2.45) is 0 Å². The molecule has 0 aliphatic heterocycles. The number of nitrogens with zero attached hydrogens (tertiary/aromatic N) is 2. The zero-order valence-electron chi connectivity index (χ0n) is 12.1. The smallest absolute Gasteiger partial charge is 0.265 e. The molecule has 1 unspecified atom stereocenters. The van der Waals surface area contributed by atoms with Gasteiger partial charge in [-0.05, 0) is 36.2 Å². The molecule has 0 aliphatic carbocycles. The zero-order chi connectivity index (χ0) is 15.2. The maximum absolute atomic E-state index is 12.0. The van der Waals surface area contributed by atoms with Gasteiger partial charge in [0.1, 0.15) is 10.6 Å². The highest BCUT2D eigenvalue weighted by Gasteiger charge is 2.16. The van der Waals surface area contributed by atoms with Gasteiger partial charge in [-0.15, -0.1) is 5.10 Å². The Balaban J connectivity index is 2.02. The van der Waals surface area contributed by atoms with E-state index in [1.165, 1.54) is 0 Å². The Kier molecular flexibility index (Phi) is 5.24. The lowest BCUT2D eigenvalue weighted by molar-refractivity contribution is 0.0829. The van der Waals surface area contributed by atoms with Crippen molar-refractivity contribution in [2.45, 2.75) is 13.0 Å². The van der Waals surface area contributed by atoms with Crippen molar-refractivity contribution in [2.75, 3.05) is 20.8 Å². The number of benzene rings is 1. The van der Waals surface area contributed by atoms with Crippen molar-refractivity contribution in [1.29, 1.82) is 0 Å². The van der Waals surface area contributed by atoms with Gasteiger partial charge in [-0.25, -0.2) is 0 Å². The Morgan fingerprint density at radius 3 is 2.86 bits per heavy atom. The third kappa shape index (κ3) is 3.77. The molecule has 1 aromatic heterocycles. The maximum atomic E-state index is 12.0. The number of carbonyl (C=O) groups excluding carboxylic acids is 1. The molecule has 1 heterocycles. The predicted molar refractivity (Wildman–Crippen MR) is 79.7 cm³/mol. The van der Waals surface area contributed by atoms with Crippen molar-refractivity contribution < 1.29 is 14.3 Å². The van der Waals surface area contributed by atoms with Gasteiger partial charge in [0.05, 0.1) is 18.9 Å². The minimum atomic E-state index is -0.245. The van der Waals surface area contributed by atoms with Crippen molar-refractivity contribution in [3.63, 3.8) is 0 Å². The average Bonchev–Trinajstić information content (AvgIpc) is 2.94. The number of hydrogen-bond donors (Lipinski definition) is 1. The summed E-state index contributed by atoms with van der Waals surface area (Å²) in [7, 11) is 3.22. The van der Waals surface area contributed by atoms with E-state index < -0.39 is 0 Å². The van der Waals surface area contributed by atoms with E-state index in [0.717, 1.165) is 22.8 Å². The first-order valence-corrected chi connectivity index (χ1v) is 7.17. The van der Waals surface area contributed by atoms with Crippen LogP contribution in [0.1, 0.15) is 27.0 Å². The molecular formula is C14H17N3O3S. The van der Waals surface area contributed by atoms with E-state index in [0.29, 0.717) is 17.1 Å². The Hall–Kier alpha value is -1.99. The van der Waals surface area contributed by atoms with E-state index in [1.54, 1.807) is 21.1 Å². The molecule has 2 rings (SSSR count). The summed E-state index contributed by atoms with van der Waals surface area (Å²) in [4.78, 5) is 12.6. The highest BCUT2D eigenvalue weighted by atomic mass is 32.1. The van der Waals surface area contributed by atoms with Gasteiger partial charge in [-0.3, -0.25) is 4.79 Å². The average molecular weight is 307 g/mol. The largest absolute Gasteiger partial charge is 0.497 e. The van der Waals surface area contributed by atoms with Gasteiger partial charge in [0.25, 0.3) is 5.91 Å². The molecule has 0 spiro atoms. The summed E-state index contributed by atoms with van der Waals surface area (Å²) in [5.74, 6) is 0.566. The molecule has 0 saturated carbocycles. The second-order valence-electron chi connectivity index (χ2n) is 4.40. The number of aromatic nitrogens is 2. The van der Waals surface area contributed by atoms with Crippen molar-refractivity contribution in [3.8, 4) is 5.75 Å². The molecular weight excluding hydrogens is 290 g/mol. The topological polar surface area (TPSA) is 73.3 Å². The molecule has 21 heavy (non-hydrogen) atoms. The molecule has 7 heteroatoms. The number of nitrogens with one attached hydrogen (secondary N) is 1. The van der Waals surface area contributed by atoms with Crippen molar-refractivity contribution in [3.05, 3.63) is 40.4 Å². The zero-order valence-corrected chi connectivity index (χ0v) is 12.9. The molecule has 0 saturated heterocycles. The molecule has 1 atom stereocenters. The van der Waals surface area contributed by atoms with Crippen LogP contribution in [0, 0.1) is 6.92 Å². The van der Waals surface area contributed by atoms with E-state index in [1.807, 2.05) is 24.3 Å². The van der Waals surface area contributed by atoms with Crippen LogP contribution in [-0.4, -0.2) is 36.3 Å². The van der Waals surface area contributed by atoms with Crippen LogP contribution in [0.4, 0.5) is 0 Å². The van der Waals surface area contributed by atoms with E-state index in [9.17, 15) is 4.79 Å². The van der Waals surface area contributed by atoms with Crippen LogP contribution in [0.5, 0.6) is 5.75 Å². The van der Waals surface area contributed by atoms with Crippen LogP contribution >= 0.6 is 11.5 Å². The van der Waals surface area contributed by atoms with Gasteiger partial charge in [0.2, 0.25) is 0 Å². The summed E-state index contributed by atoms with van der Waals surface area (Å²) in [6, 6.07) is 7.57. The number of amides is 1. The summed E-state index contributed by atoms with van der Waals surface area (Å²) in [5.41, 5.74) is 1.57. The second kappa shape index (κ2) is 7.14. The Bertz CT molecular complexity index is 615. The third-order valence-corrected chi connectivity index (χ3v) is 3.88. The summed E-state index contributed by atoms with van der Waals surface area (Å²) < 4.78 is 14.4. The third-order valence-electron chi connectivity index (χ3n) is 3.06. The number of carbonyl (C=O) groups is 1. The van der Waals surface area contributed by atoms with Gasteiger partial charge in [-0.1, -0.05) is 16.6 Å². The van der Waals surface area contributed by atoms with Gasteiger partial charge in [0, 0.05) is 13.7 Å². The first kappa shape index (κ1) is 15.4. The van der Waals surface area contributed by atoms with Crippen LogP contribution in [0.15, 0.2) is 24.3 Å². The van der Waals surface area contributed by atoms with E-state index in [2.05, 4.69) is 14.9 Å². The summed E-state index contributed by atoms with van der Waals surface area (Å²) in [6.07, 6.45) is -0.245. The quantitative estimate of drug-likeness (QED) is 0.883. The van der Waals surface area contributed by atoms with Crippen LogP contribution in [0.25, 0.3) is 0 Å². The first-order valence-electron chi connectivity index (χ1n) is 6.39. The molecule has 2 aromatic rings. The SMILES string of the molecule is COc1cccc(C(CNC(=O)c2snnc2C)OC)c1. The minimum Gasteiger partial charge on any atom is -0.497 e. The molecule has 0 bridgehead atoms. The fraction of sp³-hybridized carbons (Fsp3) is 0.357. The number of aryl methyl sites for hydroxylation is 1. The van der Waals surface area contributed by atoms with Crippen LogP contribution in [0.3, 0.4) is 0 Å². The predicted octanol–water partition coefficient (Wildman–Crippen LogP) is 1.97. The number of ether oxygens (including phenoxy) is 2. The Labute approximate surface area is 127 Å². The molecule has 0 radical (unpaired) electrons. The molecule has 0 aliphatic rings. The molecule has 1 amide bonds. The number of hydrogen-bond acceptors (Lipinski definition) is 6. The molecule has 1 aromatic carbocycles. The van der Waals surface area contributed by atoms with Gasteiger partial charge >= 0.3 is 0 Å². The van der Waals surface area contributed by atoms with Crippen LogP contribution in [0.2, 0.25) is 0 Å². The number of rotatable bonds is 6. The van der Waals surface area contributed by atoms with Gasteiger partial charge in [0.15, 0.2) is 0 Å². The normalized spacial score (nSPS) is 12.0. The Morgan fingerprint density at radius 1 is 1.43 bits per heavy atom. The lowest BCUT2D eigenvalue weighted by Crippen LogP contribution is -2.29. The minimum absolute atomic E-state index is 0.188. The summed E-state index contributed by atoms with van der Waals surface area (Å²) >= 11 is 1.08. The van der Waals surface area contributed by atoms with E-state index >= 15 is 0 Å². The fourth-order valence-electron chi connectivity index (χ4n) is 1.88. The van der Waals surface area contributed by atoms with Gasteiger partial charge in [-0.2, -0.15) is 0 Å². The van der Waals surface area contributed by atoms with Gasteiger partial charge < -0.3 is 14.8 Å².